The van der Waals surface area contributed by atoms with Gasteiger partial charge in [0.25, 0.3) is 0 Å². The van der Waals surface area contributed by atoms with Gasteiger partial charge >= 0.3 is 0 Å². The summed E-state index contributed by atoms with van der Waals surface area (Å²) in [6.45, 7) is 0. The van der Waals surface area contributed by atoms with Gasteiger partial charge in [-0.1, -0.05) is 41.6 Å². The van der Waals surface area contributed by atoms with Gasteiger partial charge in [-0.25, -0.2) is 4.98 Å². The van der Waals surface area contributed by atoms with E-state index in [0.717, 1.165) is 38.5 Å². The number of hydrogen-bond donors (Lipinski definition) is 0. The van der Waals surface area contributed by atoms with E-state index in [0.29, 0.717) is 10.8 Å². The molecule has 5 aromatic rings. The van der Waals surface area contributed by atoms with Crippen molar-refractivity contribution in [2.75, 3.05) is 0 Å². The van der Waals surface area contributed by atoms with E-state index < -0.39 is 0 Å². The SMILES string of the molecule is Cn1cc(-c2nc(CSc3nnc(-c4ccc(Cl)cc4)n3-c3ccccc3)cs2)cn1. The van der Waals surface area contributed by atoms with Crippen molar-refractivity contribution in [3.05, 3.63) is 83.1 Å². The molecule has 0 aliphatic rings. The van der Waals surface area contributed by atoms with Crippen molar-refractivity contribution in [2.45, 2.75) is 10.9 Å². The average molecular weight is 465 g/mol. The Bertz CT molecular complexity index is 1310. The maximum absolute atomic E-state index is 6.07. The highest BCUT2D eigenvalue weighted by Crippen LogP contribution is 2.31. The molecule has 3 heterocycles. The molecule has 0 saturated heterocycles. The zero-order valence-electron chi connectivity index (χ0n) is 16.5. The van der Waals surface area contributed by atoms with E-state index in [2.05, 4.69) is 37.4 Å². The Morgan fingerprint density at radius 1 is 1.00 bits per heavy atom. The maximum Gasteiger partial charge on any atom is 0.196 e. The summed E-state index contributed by atoms with van der Waals surface area (Å²) in [5, 5.41) is 17.7. The molecule has 0 spiro atoms. The highest BCUT2D eigenvalue weighted by molar-refractivity contribution is 7.98. The van der Waals surface area contributed by atoms with Crippen molar-refractivity contribution in [1.29, 1.82) is 0 Å². The fraction of sp³-hybridized carbons (Fsp3) is 0.0909. The third-order valence-electron chi connectivity index (χ3n) is 4.60. The number of aromatic nitrogens is 6. The van der Waals surface area contributed by atoms with E-state index in [1.807, 2.05) is 61.9 Å². The third kappa shape index (κ3) is 4.27. The molecule has 3 aromatic heterocycles. The lowest BCUT2D eigenvalue weighted by Crippen LogP contribution is -1.99. The first-order valence-corrected chi connectivity index (χ1v) is 11.7. The summed E-state index contributed by atoms with van der Waals surface area (Å²) in [7, 11) is 1.91. The third-order valence-corrected chi connectivity index (χ3v) is 6.76. The molecule has 0 aliphatic heterocycles. The molecular formula is C22H17ClN6S2. The smallest absolute Gasteiger partial charge is 0.196 e. The van der Waals surface area contributed by atoms with Gasteiger partial charge in [0.2, 0.25) is 0 Å². The van der Waals surface area contributed by atoms with E-state index in [-0.39, 0.29) is 0 Å². The maximum atomic E-state index is 6.07. The van der Waals surface area contributed by atoms with Gasteiger partial charge in [-0.05, 0) is 36.4 Å². The van der Waals surface area contributed by atoms with Crippen LogP contribution in [0.4, 0.5) is 0 Å². The van der Waals surface area contributed by atoms with Crippen LogP contribution in [0.3, 0.4) is 0 Å². The zero-order valence-corrected chi connectivity index (χ0v) is 18.9. The molecule has 9 heteroatoms. The first-order valence-electron chi connectivity index (χ1n) is 9.50. The largest absolute Gasteiger partial charge is 0.275 e. The minimum Gasteiger partial charge on any atom is -0.275 e. The van der Waals surface area contributed by atoms with Crippen LogP contribution < -0.4 is 0 Å². The van der Waals surface area contributed by atoms with Crippen LogP contribution in [-0.2, 0) is 12.8 Å². The number of thioether (sulfide) groups is 1. The highest BCUT2D eigenvalue weighted by Gasteiger charge is 2.17. The van der Waals surface area contributed by atoms with E-state index in [1.165, 1.54) is 0 Å². The van der Waals surface area contributed by atoms with Crippen LogP contribution in [0, 0.1) is 0 Å². The van der Waals surface area contributed by atoms with Crippen molar-refractivity contribution in [2.24, 2.45) is 7.05 Å². The summed E-state index contributed by atoms with van der Waals surface area (Å²) in [6.07, 6.45) is 3.81. The van der Waals surface area contributed by atoms with Crippen molar-refractivity contribution >= 4 is 34.7 Å². The molecule has 6 nitrogen and oxygen atoms in total. The van der Waals surface area contributed by atoms with E-state index in [1.54, 1.807) is 27.8 Å². The summed E-state index contributed by atoms with van der Waals surface area (Å²) in [6, 6.07) is 17.8. The Kier molecular flexibility index (Phi) is 5.59. The van der Waals surface area contributed by atoms with Crippen LogP contribution in [0.2, 0.25) is 5.02 Å². The molecular weight excluding hydrogens is 448 g/mol. The number of thiazole rings is 1. The Morgan fingerprint density at radius 2 is 1.81 bits per heavy atom. The monoisotopic (exact) mass is 464 g/mol. The van der Waals surface area contributed by atoms with Crippen LogP contribution in [0.15, 0.2) is 77.5 Å². The molecule has 0 radical (unpaired) electrons. The molecule has 0 fully saturated rings. The molecule has 0 N–H and O–H groups in total. The first-order chi connectivity index (χ1) is 15.2. The Balaban J connectivity index is 1.44. The van der Waals surface area contributed by atoms with Gasteiger partial charge in [0.15, 0.2) is 11.0 Å². The number of para-hydroxylation sites is 1. The Morgan fingerprint density at radius 3 is 2.55 bits per heavy atom. The second kappa shape index (κ2) is 8.66. The second-order valence-electron chi connectivity index (χ2n) is 6.82. The molecule has 0 atom stereocenters. The normalized spacial score (nSPS) is 11.2. The second-order valence-corrected chi connectivity index (χ2v) is 9.06. The molecule has 154 valence electrons. The van der Waals surface area contributed by atoms with Crippen LogP contribution in [0.5, 0.6) is 0 Å². The zero-order chi connectivity index (χ0) is 21.2. The quantitative estimate of drug-likeness (QED) is 0.300. The lowest BCUT2D eigenvalue weighted by molar-refractivity contribution is 0.768. The van der Waals surface area contributed by atoms with Crippen LogP contribution >= 0.6 is 34.7 Å². The van der Waals surface area contributed by atoms with Gasteiger partial charge in [0.1, 0.15) is 5.01 Å². The first kappa shape index (κ1) is 20.0. The fourth-order valence-electron chi connectivity index (χ4n) is 3.14. The van der Waals surface area contributed by atoms with E-state index >= 15 is 0 Å². The number of benzene rings is 2. The molecule has 0 bridgehead atoms. The van der Waals surface area contributed by atoms with Gasteiger partial charge in [-0.2, -0.15) is 5.10 Å². The van der Waals surface area contributed by atoms with Gasteiger partial charge in [-0.15, -0.1) is 21.5 Å². The Hall–Kier alpha value is -2.94. The molecule has 2 aromatic carbocycles. The van der Waals surface area contributed by atoms with Gasteiger partial charge in [-0.3, -0.25) is 9.25 Å². The molecule has 0 saturated carbocycles. The molecule has 0 amide bonds. The molecule has 0 unspecified atom stereocenters. The van der Waals surface area contributed by atoms with E-state index in [4.69, 9.17) is 16.6 Å². The lowest BCUT2D eigenvalue weighted by atomic mass is 10.2. The molecule has 31 heavy (non-hydrogen) atoms. The van der Waals surface area contributed by atoms with Gasteiger partial charge in [0.05, 0.1) is 11.9 Å². The number of nitrogens with zero attached hydrogens (tertiary/aromatic N) is 6. The summed E-state index contributed by atoms with van der Waals surface area (Å²) >= 11 is 9.30. The summed E-state index contributed by atoms with van der Waals surface area (Å²) in [5.74, 6) is 1.47. The lowest BCUT2D eigenvalue weighted by Gasteiger charge is -2.10. The standard InChI is InChI=1S/C22H17ClN6S2/c1-28-12-16(11-24-28)21-25-18(13-30-21)14-31-22-27-26-20(15-7-9-17(23)10-8-15)29(22)19-5-3-2-4-6-19/h2-13H,14H2,1H3. The average Bonchev–Trinajstić information content (AvgIpc) is 3.53. The van der Waals surface area contributed by atoms with Crippen LogP contribution in [-0.4, -0.2) is 29.5 Å². The van der Waals surface area contributed by atoms with Crippen LogP contribution in [0.25, 0.3) is 27.6 Å². The Labute approximate surface area is 192 Å². The van der Waals surface area contributed by atoms with Gasteiger partial charge in [0, 0.05) is 46.2 Å². The minimum absolute atomic E-state index is 0.692. The van der Waals surface area contributed by atoms with Crippen molar-refractivity contribution < 1.29 is 0 Å². The van der Waals surface area contributed by atoms with Gasteiger partial charge < -0.3 is 0 Å². The highest BCUT2D eigenvalue weighted by atomic mass is 35.5. The number of rotatable bonds is 6. The number of hydrogen-bond acceptors (Lipinski definition) is 6. The van der Waals surface area contributed by atoms with Crippen molar-refractivity contribution in [1.82, 2.24) is 29.5 Å². The summed E-state index contributed by atoms with van der Waals surface area (Å²) in [5.41, 5.74) is 4.00. The summed E-state index contributed by atoms with van der Waals surface area (Å²) < 4.78 is 3.86. The fourth-order valence-corrected chi connectivity index (χ4v) is 5.01. The number of halogens is 1. The predicted octanol–water partition coefficient (Wildman–Crippen LogP) is 5.74. The molecule has 5 rings (SSSR count). The number of aryl methyl sites for hydroxylation is 1. The van der Waals surface area contributed by atoms with Crippen LogP contribution in [0.1, 0.15) is 5.69 Å². The predicted molar refractivity (Wildman–Crippen MR) is 126 cm³/mol. The van der Waals surface area contributed by atoms with E-state index in [9.17, 15) is 0 Å². The summed E-state index contributed by atoms with van der Waals surface area (Å²) in [4.78, 5) is 4.76. The topological polar surface area (TPSA) is 61.4 Å². The van der Waals surface area contributed by atoms with Crippen molar-refractivity contribution in [3.63, 3.8) is 0 Å². The molecule has 0 aliphatic carbocycles. The minimum atomic E-state index is 0.692. The van der Waals surface area contributed by atoms with Crippen molar-refractivity contribution in [3.8, 4) is 27.6 Å².